The maximum atomic E-state index is 11.5. The molecule has 0 aliphatic rings. The Morgan fingerprint density at radius 2 is 2.18 bits per heavy atom. The summed E-state index contributed by atoms with van der Waals surface area (Å²) in [6.45, 7) is 6.39. The van der Waals surface area contributed by atoms with E-state index in [0.717, 1.165) is 9.88 Å². The standard InChI is InChI=1S/C12H20N2O2S/c1-8(2)10(15)6-7-13-12(16)14-11-5-4-9(3)17-11/h4-5,8,10,15H,6-7H2,1-3H3,(H2,13,14,16). The van der Waals surface area contributed by atoms with Crippen molar-refractivity contribution in [3.05, 3.63) is 17.0 Å². The van der Waals surface area contributed by atoms with E-state index in [1.54, 1.807) is 0 Å². The van der Waals surface area contributed by atoms with Crippen LogP contribution in [-0.2, 0) is 0 Å². The van der Waals surface area contributed by atoms with Crippen molar-refractivity contribution in [2.45, 2.75) is 33.3 Å². The smallest absolute Gasteiger partial charge is 0.319 e. The Morgan fingerprint density at radius 3 is 2.71 bits per heavy atom. The van der Waals surface area contributed by atoms with Crippen molar-refractivity contribution in [3.8, 4) is 0 Å². The molecule has 0 radical (unpaired) electrons. The number of nitrogens with one attached hydrogen (secondary N) is 2. The van der Waals surface area contributed by atoms with Gasteiger partial charge in [0, 0.05) is 11.4 Å². The summed E-state index contributed by atoms with van der Waals surface area (Å²) in [5, 5.41) is 15.9. The molecule has 0 bridgehead atoms. The molecular formula is C12H20N2O2S. The van der Waals surface area contributed by atoms with Gasteiger partial charge in [0.1, 0.15) is 0 Å². The summed E-state index contributed by atoms with van der Waals surface area (Å²) in [7, 11) is 0. The lowest BCUT2D eigenvalue weighted by Crippen LogP contribution is -2.31. The van der Waals surface area contributed by atoms with Gasteiger partial charge in [-0.2, -0.15) is 0 Å². The highest BCUT2D eigenvalue weighted by Gasteiger charge is 2.09. The molecule has 0 saturated heterocycles. The van der Waals surface area contributed by atoms with Crippen molar-refractivity contribution >= 4 is 22.4 Å². The van der Waals surface area contributed by atoms with Crippen LogP contribution < -0.4 is 10.6 Å². The lowest BCUT2D eigenvalue weighted by molar-refractivity contribution is 0.117. The molecule has 0 aliphatic carbocycles. The number of carbonyl (C=O) groups is 1. The maximum absolute atomic E-state index is 11.5. The molecule has 1 unspecified atom stereocenters. The quantitative estimate of drug-likeness (QED) is 0.758. The number of urea groups is 1. The highest BCUT2D eigenvalue weighted by atomic mass is 32.1. The summed E-state index contributed by atoms with van der Waals surface area (Å²) in [5.74, 6) is 0.222. The monoisotopic (exact) mass is 256 g/mol. The minimum atomic E-state index is -0.362. The van der Waals surface area contributed by atoms with E-state index < -0.39 is 0 Å². The van der Waals surface area contributed by atoms with Crippen molar-refractivity contribution in [2.75, 3.05) is 11.9 Å². The van der Waals surface area contributed by atoms with Crippen LogP contribution in [0.25, 0.3) is 0 Å². The normalized spacial score (nSPS) is 12.5. The molecule has 1 atom stereocenters. The molecule has 0 saturated carbocycles. The third-order valence-corrected chi connectivity index (χ3v) is 3.39. The first-order valence-electron chi connectivity index (χ1n) is 5.78. The third kappa shape index (κ3) is 5.19. The average Bonchev–Trinajstić information content (AvgIpc) is 2.63. The van der Waals surface area contributed by atoms with E-state index in [1.165, 1.54) is 11.3 Å². The summed E-state index contributed by atoms with van der Waals surface area (Å²) < 4.78 is 0. The van der Waals surface area contributed by atoms with Gasteiger partial charge in [0.2, 0.25) is 0 Å². The molecule has 17 heavy (non-hydrogen) atoms. The number of aliphatic hydroxyl groups is 1. The SMILES string of the molecule is Cc1ccc(NC(=O)NCCC(O)C(C)C)s1. The number of rotatable bonds is 5. The zero-order valence-corrected chi connectivity index (χ0v) is 11.3. The molecule has 4 nitrogen and oxygen atoms in total. The van der Waals surface area contributed by atoms with Gasteiger partial charge in [-0.05, 0) is 31.4 Å². The molecule has 96 valence electrons. The Labute approximate surface area is 106 Å². The number of thiophene rings is 1. The Kier molecular flexibility index (Phi) is 5.44. The van der Waals surface area contributed by atoms with Gasteiger partial charge >= 0.3 is 6.03 Å². The number of hydrogen-bond acceptors (Lipinski definition) is 3. The van der Waals surface area contributed by atoms with Gasteiger partial charge in [0.15, 0.2) is 0 Å². The van der Waals surface area contributed by atoms with Crippen LogP contribution in [0.4, 0.5) is 9.80 Å². The molecule has 1 heterocycles. The Balaban J connectivity index is 2.22. The fraction of sp³-hybridized carbons (Fsp3) is 0.583. The first-order valence-corrected chi connectivity index (χ1v) is 6.60. The summed E-state index contributed by atoms with van der Waals surface area (Å²) >= 11 is 1.54. The molecule has 1 aromatic heterocycles. The van der Waals surface area contributed by atoms with Crippen LogP contribution in [0.15, 0.2) is 12.1 Å². The minimum absolute atomic E-state index is 0.220. The number of aliphatic hydroxyl groups excluding tert-OH is 1. The van der Waals surface area contributed by atoms with Crippen LogP contribution in [0, 0.1) is 12.8 Å². The van der Waals surface area contributed by atoms with E-state index in [4.69, 9.17) is 0 Å². The van der Waals surface area contributed by atoms with Crippen molar-refractivity contribution < 1.29 is 9.90 Å². The maximum Gasteiger partial charge on any atom is 0.319 e. The second-order valence-corrected chi connectivity index (χ2v) is 5.68. The molecule has 1 rings (SSSR count). The second-order valence-electron chi connectivity index (χ2n) is 4.39. The lowest BCUT2D eigenvalue weighted by Gasteiger charge is -2.14. The van der Waals surface area contributed by atoms with Gasteiger partial charge in [-0.1, -0.05) is 13.8 Å². The van der Waals surface area contributed by atoms with E-state index in [0.29, 0.717) is 13.0 Å². The summed E-state index contributed by atoms with van der Waals surface area (Å²) in [6, 6.07) is 3.62. The van der Waals surface area contributed by atoms with Crippen molar-refractivity contribution in [2.24, 2.45) is 5.92 Å². The largest absolute Gasteiger partial charge is 0.393 e. The van der Waals surface area contributed by atoms with Crippen molar-refractivity contribution in [1.82, 2.24) is 5.32 Å². The van der Waals surface area contributed by atoms with Gasteiger partial charge in [0.05, 0.1) is 11.1 Å². The van der Waals surface area contributed by atoms with Crippen LogP contribution in [0.3, 0.4) is 0 Å². The van der Waals surface area contributed by atoms with Crippen LogP contribution in [-0.4, -0.2) is 23.8 Å². The first kappa shape index (κ1) is 14.0. The Hall–Kier alpha value is -1.07. The molecule has 0 aliphatic heterocycles. The van der Waals surface area contributed by atoms with E-state index in [1.807, 2.05) is 32.9 Å². The van der Waals surface area contributed by atoms with Gasteiger partial charge in [-0.3, -0.25) is 5.32 Å². The number of aryl methyl sites for hydroxylation is 1. The Morgan fingerprint density at radius 1 is 1.47 bits per heavy atom. The van der Waals surface area contributed by atoms with E-state index in [-0.39, 0.29) is 18.1 Å². The molecule has 3 N–H and O–H groups in total. The zero-order chi connectivity index (χ0) is 12.8. The molecule has 2 amide bonds. The van der Waals surface area contributed by atoms with Crippen molar-refractivity contribution in [3.63, 3.8) is 0 Å². The van der Waals surface area contributed by atoms with Crippen LogP contribution in [0.5, 0.6) is 0 Å². The molecule has 0 aromatic carbocycles. The number of anilines is 1. The van der Waals surface area contributed by atoms with Crippen LogP contribution in [0.1, 0.15) is 25.1 Å². The molecule has 1 aromatic rings. The van der Waals surface area contributed by atoms with Crippen LogP contribution in [0.2, 0.25) is 0 Å². The molecule has 5 heteroatoms. The van der Waals surface area contributed by atoms with E-state index >= 15 is 0 Å². The van der Waals surface area contributed by atoms with Crippen LogP contribution >= 0.6 is 11.3 Å². The predicted molar refractivity (Wildman–Crippen MR) is 71.5 cm³/mol. The number of amides is 2. The lowest BCUT2D eigenvalue weighted by atomic mass is 10.0. The third-order valence-electron chi connectivity index (χ3n) is 2.47. The minimum Gasteiger partial charge on any atom is -0.393 e. The molecular weight excluding hydrogens is 236 g/mol. The Bertz CT molecular complexity index is 363. The van der Waals surface area contributed by atoms with E-state index in [9.17, 15) is 9.90 Å². The van der Waals surface area contributed by atoms with Gasteiger partial charge < -0.3 is 10.4 Å². The second kappa shape index (κ2) is 6.61. The number of carbonyl (C=O) groups excluding carboxylic acids is 1. The summed E-state index contributed by atoms with van der Waals surface area (Å²) in [4.78, 5) is 12.6. The topological polar surface area (TPSA) is 61.4 Å². The highest BCUT2D eigenvalue weighted by molar-refractivity contribution is 7.16. The first-order chi connectivity index (χ1) is 7.99. The predicted octanol–water partition coefficient (Wildman–Crippen LogP) is 2.59. The van der Waals surface area contributed by atoms with Gasteiger partial charge in [0.25, 0.3) is 0 Å². The summed E-state index contributed by atoms with van der Waals surface area (Å²) in [5.41, 5.74) is 0. The fourth-order valence-electron chi connectivity index (χ4n) is 1.32. The van der Waals surface area contributed by atoms with Gasteiger partial charge in [-0.25, -0.2) is 4.79 Å². The average molecular weight is 256 g/mol. The summed E-state index contributed by atoms with van der Waals surface area (Å²) in [6.07, 6.45) is 0.216. The fourth-order valence-corrected chi connectivity index (χ4v) is 2.09. The highest BCUT2D eigenvalue weighted by Crippen LogP contribution is 2.20. The van der Waals surface area contributed by atoms with Crippen molar-refractivity contribution in [1.29, 1.82) is 0 Å². The molecule has 0 spiro atoms. The van der Waals surface area contributed by atoms with Gasteiger partial charge in [-0.15, -0.1) is 11.3 Å². The zero-order valence-electron chi connectivity index (χ0n) is 10.5. The number of hydrogen-bond donors (Lipinski definition) is 3. The molecule has 0 fully saturated rings. The van der Waals surface area contributed by atoms with E-state index in [2.05, 4.69) is 10.6 Å².